The second-order valence-electron chi connectivity index (χ2n) is 3.67. The third-order valence-electron chi connectivity index (χ3n) is 2.39. The SMILES string of the molecule is CCOc1cc(NCc2ccoc2)ccc1N. The molecule has 0 saturated heterocycles. The van der Waals surface area contributed by atoms with Crippen LogP contribution in [-0.4, -0.2) is 6.61 Å². The summed E-state index contributed by atoms with van der Waals surface area (Å²) >= 11 is 0. The summed E-state index contributed by atoms with van der Waals surface area (Å²) in [6.45, 7) is 3.26. The molecule has 0 saturated carbocycles. The fourth-order valence-electron chi connectivity index (χ4n) is 1.52. The van der Waals surface area contributed by atoms with Gasteiger partial charge in [-0.05, 0) is 25.1 Å². The summed E-state index contributed by atoms with van der Waals surface area (Å²) in [6, 6.07) is 7.59. The topological polar surface area (TPSA) is 60.4 Å². The second-order valence-corrected chi connectivity index (χ2v) is 3.67. The lowest BCUT2D eigenvalue weighted by Gasteiger charge is -2.10. The van der Waals surface area contributed by atoms with Crippen molar-refractivity contribution >= 4 is 11.4 Å². The second kappa shape index (κ2) is 5.30. The molecule has 0 aliphatic carbocycles. The molecule has 0 fully saturated rings. The zero-order chi connectivity index (χ0) is 12.1. The van der Waals surface area contributed by atoms with Crippen LogP contribution in [0.4, 0.5) is 11.4 Å². The standard InChI is InChI=1S/C13H16N2O2/c1-2-17-13-7-11(3-4-12(13)14)15-8-10-5-6-16-9-10/h3-7,9,15H,2,8,14H2,1H3. The van der Waals surface area contributed by atoms with Gasteiger partial charge in [-0.25, -0.2) is 0 Å². The summed E-state index contributed by atoms with van der Waals surface area (Å²) in [5.74, 6) is 0.713. The zero-order valence-electron chi connectivity index (χ0n) is 9.77. The molecule has 0 radical (unpaired) electrons. The van der Waals surface area contributed by atoms with E-state index >= 15 is 0 Å². The molecule has 4 nitrogen and oxygen atoms in total. The Morgan fingerprint density at radius 1 is 1.35 bits per heavy atom. The summed E-state index contributed by atoms with van der Waals surface area (Å²) in [7, 11) is 0. The molecule has 0 bridgehead atoms. The molecule has 1 aromatic heterocycles. The Labute approximate surface area is 100 Å². The van der Waals surface area contributed by atoms with E-state index in [1.54, 1.807) is 12.5 Å². The van der Waals surface area contributed by atoms with Crippen molar-refractivity contribution in [1.82, 2.24) is 0 Å². The van der Waals surface area contributed by atoms with Crippen LogP contribution in [0.2, 0.25) is 0 Å². The van der Waals surface area contributed by atoms with Crippen molar-refractivity contribution in [2.75, 3.05) is 17.7 Å². The van der Waals surface area contributed by atoms with Gasteiger partial charge in [-0.1, -0.05) is 0 Å². The van der Waals surface area contributed by atoms with E-state index in [0.29, 0.717) is 24.6 Å². The van der Waals surface area contributed by atoms with Crippen LogP contribution in [0.3, 0.4) is 0 Å². The molecule has 17 heavy (non-hydrogen) atoms. The highest BCUT2D eigenvalue weighted by molar-refractivity contribution is 5.61. The van der Waals surface area contributed by atoms with Gasteiger partial charge in [0, 0.05) is 23.9 Å². The van der Waals surface area contributed by atoms with Gasteiger partial charge >= 0.3 is 0 Å². The minimum atomic E-state index is 0.607. The largest absolute Gasteiger partial charge is 0.492 e. The lowest BCUT2D eigenvalue weighted by Crippen LogP contribution is -2.01. The van der Waals surface area contributed by atoms with Gasteiger partial charge in [0.2, 0.25) is 0 Å². The number of rotatable bonds is 5. The Kier molecular flexibility index (Phi) is 3.55. The third kappa shape index (κ3) is 2.93. The first-order valence-electron chi connectivity index (χ1n) is 5.57. The van der Waals surface area contributed by atoms with E-state index in [4.69, 9.17) is 14.9 Å². The van der Waals surface area contributed by atoms with Crippen LogP contribution in [-0.2, 0) is 6.54 Å². The summed E-state index contributed by atoms with van der Waals surface area (Å²) < 4.78 is 10.4. The number of benzene rings is 1. The van der Waals surface area contributed by atoms with E-state index in [0.717, 1.165) is 11.3 Å². The molecule has 0 unspecified atom stereocenters. The molecule has 0 aliphatic rings. The molecule has 4 heteroatoms. The Morgan fingerprint density at radius 3 is 2.94 bits per heavy atom. The average molecular weight is 232 g/mol. The van der Waals surface area contributed by atoms with Gasteiger partial charge in [0.25, 0.3) is 0 Å². The van der Waals surface area contributed by atoms with Crippen molar-refractivity contribution in [2.24, 2.45) is 0 Å². The van der Waals surface area contributed by atoms with E-state index < -0.39 is 0 Å². The lowest BCUT2D eigenvalue weighted by molar-refractivity contribution is 0.342. The van der Waals surface area contributed by atoms with Gasteiger partial charge in [-0.15, -0.1) is 0 Å². The molecule has 2 rings (SSSR count). The first-order valence-corrected chi connectivity index (χ1v) is 5.57. The number of hydrogen-bond acceptors (Lipinski definition) is 4. The Balaban J connectivity index is 2.03. The van der Waals surface area contributed by atoms with Gasteiger partial charge in [-0.3, -0.25) is 0 Å². The lowest BCUT2D eigenvalue weighted by atomic mass is 10.2. The maximum Gasteiger partial charge on any atom is 0.144 e. The number of ether oxygens (including phenoxy) is 1. The van der Waals surface area contributed by atoms with Gasteiger partial charge < -0.3 is 20.2 Å². The van der Waals surface area contributed by atoms with Crippen LogP contribution in [0, 0.1) is 0 Å². The van der Waals surface area contributed by atoms with Gasteiger partial charge in [-0.2, -0.15) is 0 Å². The molecule has 0 spiro atoms. The minimum Gasteiger partial charge on any atom is -0.492 e. The van der Waals surface area contributed by atoms with Gasteiger partial charge in [0.1, 0.15) is 5.75 Å². The Hall–Kier alpha value is -2.10. The minimum absolute atomic E-state index is 0.607. The fraction of sp³-hybridized carbons (Fsp3) is 0.231. The zero-order valence-corrected chi connectivity index (χ0v) is 9.77. The smallest absolute Gasteiger partial charge is 0.144 e. The van der Waals surface area contributed by atoms with Crippen LogP contribution in [0.1, 0.15) is 12.5 Å². The number of nitrogens with one attached hydrogen (secondary N) is 1. The van der Waals surface area contributed by atoms with Crippen molar-refractivity contribution in [1.29, 1.82) is 0 Å². The van der Waals surface area contributed by atoms with Gasteiger partial charge in [0.15, 0.2) is 0 Å². The summed E-state index contributed by atoms with van der Waals surface area (Å²) in [5.41, 5.74) is 8.52. The van der Waals surface area contributed by atoms with Crippen molar-refractivity contribution in [3.63, 3.8) is 0 Å². The number of anilines is 2. The number of hydrogen-bond donors (Lipinski definition) is 2. The fourth-order valence-corrected chi connectivity index (χ4v) is 1.52. The van der Waals surface area contributed by atoms with Crippen molar-refractivity contribution in [3.05, 3.63) is 42.4 Å². The summed E-state index contributed by atoms with van der Waals surface area (Å²) in [6.07, 6.45) is 3.37. The van der Waals surface area contributed by atoms with Crippen LogP contribution in [0.15, 0.2) is 41.2 Å². The van der Waals surface area contributed by atoms with E-state index in [9.17, 15) is 0 Å². The molecule has 90 valence electrons. The molecule has 2 aromatic rings. The first-order chi connectivity index (χ1) is 8.29. The van der Waals surface area contributed by atoms with Crippen LogP contribution in [0.5, 0.6) is 5.75 Å². The third-order valence-corrected chi connectivity index (χ3v) is 2.39. The van der Waals surface area contributed by atoms with E-state index in [-0.39, 0.29) is 0 Å². The predicted molar refractivity (Wildman–Crippen MR) is 68.1 cm³/mol. The van der Waals surface area contributed by atoms with Crippen LogP contribution in [0.25, 0.3) is 0 Å². The molecular weight excluding hydrogens is 216 g/mol. The maximum atomic E-state index is 5.80. The van der Waals surface area contributed by atoms with Crippen LogP contribution < -0.4 is 15.8 Å². The van der Waals surface area contributed by atoms with Gasteiger partial charge in [0.05, 0.1) is 24.8 Å². The highest BCUT2D eigenvalue weighted by atomic mass is 16.5. The molecular formula is C13H16N2O2. The number of nitrogen functional groups attached to an aromatic ring is 1. The molecule has 3 N–H and O–H groups in total. The monoisotopic (exact) mass is 232 g/mol. The predicted octanol–water partition coefficient (Wildman–Crippen LogP) is 2.87. The Morgan fingerprint density at radius 2 is 2.24 bits per heavy atom. The average Bonchev–Trinajstić information content (AvgIpc) is 2.83. The molecule has 0 atom stereocenters. The van der Waals surface area contributed by atoms with Crippen LogP contribution >= 0.6 is 0 Å². The van der Waals surface area contributed by atoms with Crippen molar-refractivity contribution < 1.29 is 9.15 Å². The highest BCUT2D eigenvalue weighted by Gasteiger charge is 2.02. The van der Waals surface area contributed by atoms with E-state index in [2.05, 4.69) is 5.32 Å². The Bertz CT molecular complexity index is 466. The molecule has 0 amide bonds. The highest BCUT2D eigenvalue weighted by Crippen LogP contribution is 2.25. The van der Waals surface area contributed by atoms with Crippen molar-refractivity contribution in [3.8, 4) is 5.75 Å². The van der Waals surface area contributed by atoms with Crippen molar-refractivity contribution in [2.45, 2.75) is 13.5 Å². The summed E-state index contributed by atoms with van der Waals surface area (Å²) in [5, 5.41) is 3.28. The number of furan rings is 1. The molecule has 1 heterocycles. The van der Waals surface area contributed by atoms with E-state index in [1.165, 1.54) is 0 Å². The molecule has 1 aromatic carbocycles. The van der Waals surface area contributed by atoms with E-state index in [1.807, 2.05) is 31.2 Å². The first kappa shape index (κ1) is 11.4. The quantitative estimate of drug-likeness (QED) is 0.778. The normalized spacial score (nSPS) is 10.2. The number of nitrogens with two attached hydrogens (primary N) is 1. The summed E-state index contributed by atoms with van der Waals surface area (Å²) in [4.78, 5) is 0. The maximum absolute atomic E-state index is 5.80. The molecule has 0 aliphatic heterocycles.